The molecule has 0 saturated heterocycles. The van der Waals surface area contributed by atoms with Gasteiger partial charge in [0.2, 0.25) is 0 Å². The second-order valence-corrected chi connectivity index (χ2v) is 13.6. The topological polar surface area (TPSA) is 57.4 Å². The Bertz CT molecular complexity index is 3160. The van der Waals surface area contributed by atoms with Crippen molar-refractivity contribution in [2.45, 2.75) is 0 Å². The first-order chi connectivity index (χ1) is 26.7. The molecule has 4 heteroatoms. The molecule has 10 aromatic rings. The molecule has 0 unspecified atom stereocenters. The summed E-state index contributed by atoms with van der Waals surface area (Å²) in [6, 6.07) is 68.0. The molecular weight excluding hydrogens is 657 g/mol. The van der Waals surface area contributed by atoms with Crippen LogP contribution in [0.15, 0.2) is 182 Å². The monoisotopic (exact) mass is 686 g/mol. The Balaban J connectivity index is 1.28. The van der Waals surface area contributed by atoms with E-state index in [4.69, 9.17) is 0 Å². The molecule has 0 aliphatic rings. The Hall–Kier alpha value is -7.66. The molecule has 0 amide bonds. The van der Waals surface area contributed by atoms with Crippen molar-refractivity contribution in [3.63, 3.8) is 0 Å². The normalized spacial score (nSPS) is 11.3. The van der Waals surface area contributed by atoms with Crippen LogP contribution in [0.4, 0.5) is 0 Å². The molecule has 4 nitrogen and oxygen atoms in total. The lowest BCUT2D eigenvalue weighted by molar-refractivity contribution is 1.16. The summed E-state index contributed by atoms with van der Waals surface area (Å²) in [5, 5.41) is 24.7. The largest absolute Gasteiger partial charge is 0.309 e. The average molecular weight is 687 g/mol. The fourth-order valence-corrected chi connectivity index (χ4v) is 8.12. The van der Waals surface area contributed by atoms with Crippen LogP contribution in [0.3, 0.4) is 0 Å². The van der Waals surface area contributed by atoms with Gasteiger partial charge in [0.05, 0.1) is 45.0 Å². The van der Waals surface area contributed by atoms with Crippen LogP contribution in [0.25, 0.3) is 88.4 Å². The number of aromatic nitrogens is 2. The molecule has 0 aliphatic heterocycles. The number of nitrogens with zero attached hydrogens (tertiary/aromatic N) is 4. The van der Waals surface area contributed by atoms with Gasteiger partial charge < -0.3 is 9.13 Å². The fourth-order valence-electron chi connectivity index (χ4n) is 8.12. The summed E-state index contributed by atoms with van der Waals surface area (Å²) in [4.78, 5) is 0. The van der Waals surface area contributed by atoms with E-state index < -0.39 is 0 Å². The first-order valence-corrected chi connectivity index (χ1v) is 18.0. The molecule has 250 valence electrons. The minimum absolute atomic E-state index is 0.506. The van der Waals surface area contributed by atoms with Crippen molar-refractivity contribution in [1.82, 2.24) is 9.13 Å². The van der Waals surface area contributed by atoms with Gasteiger partial charge >= 0.3 is 0 Å². The van der Waals surface area contributed by atoms with Crippen LogP contribution in [0, 0.1) is 22.7 Å². The summed E-state index contributed by atoms with van der Waals surface area (Å²) >= 11 is 0. The predicted molar refractivity (Wildman–Crippen MR) is 221 cm³/mol. The van der Waals surface area contributed by atoms with Gasteiger partial charge in [0.1, 0.15) is 6.07 Å². The zero-order valence-corrected chi connectivity index (χ0v) is 29.1. The van der Waals surface area contributed by atoms with Crippen LogP contribution >= 0.6 is 0 Å². The maximum absolute atomic E-state index is 10.3. The third-order valence-electron chi connectivity index (χ3n) is 10.6. The lowest BCUT2D eigenvalue weighted by Gasteiger charge is -2.11. The smallest absolute Gasteiger partial charge is 0.101 e. The third-order valence-corrected chi connectivity index (χ3v) is 10.6. The van der Waals surface area contributed by atoms with Crippen LogP contribution < -0.4 is 0 Å². The molecule has 2 aromatic heterocycles. The van der Waals surface area contributed by atoms with E-state index in [1.165, 1.54) is 21.9 Å². The van der Waals surface area contributed by atoms with Gasteiger partial charge in [-0.3, -0.25) is 0 Å². The van der Waals surface area contributed by atoms with Crippen molar-refractivity contribution in [3.05, 3.63) is 193 Å². The van der Waals surface area contributed by atoms with Crippen molar-refractivity contribution in [2.24, 2.45) is 0 Å². The summed E-state index contributed by atoms with van der Waals surface area (Å²) < 4.78 is 4.50. The van der Waals surface area contributed by atoms with Crippen molar-refractivity contribution < 1.29 is 0 Å². The maximum atomic E-state index is 10.3. The van der Waals surface area contributed by atoms with E-state index in [1.807, 2.05) is 12.1 Å². The highest BCUT2D eigenvalue weighted by Gasteiger charge is 2.21. The first kappa shape index (κ1) is 31.1. The summed E-state index contributed by atoms with van der Waals surface area (Å²) in [7, 11) is 0. The highest BCUT2D eigenvalue weighted by atomic mass is 15.0. The van der Waals surface area contributed by atoms with Gasteiger partial charge in [-0.2, -0.15) is 10.5 Å². The zero-order chi connectivity index (χ0) is 36.2. The lowest BCUT2D eigenvalue weighted by atomic mass is 9.96. The molecule has 10 rings (SSSR count). The van der Waals surface area contributed by atoms with E-state index in [0.29, 0.717) is 16.8 Å². The van der Waals surface area contributed by atoms with Gasteiger partial charge in [0.15, 0.2) is 0 Å². The Morgan fingerprint density at radius 2 is 0.926 bits per heavy atom. The number of benzene rings is 8. The quantitative estimate of drug-likeness (QED) is 0.181. The molecule has 0 N–H and O–H groups in total. The Kier molecular flexibility index (Phi) is 7.22. The Morgan fingerprint density at radius 3 is 1.54 bits per heavy atom. The number of rotatable bonds is 5. The van der Waals surface area contributed by atoms with Crippen LogP contribution in [0.5, 0.6) is 0 Å². The minimum Gasteiger partial charge on any atom is -0.309 e. The van der Waals surface area contributed by atoms with Crippen LogP contribution in [-0.2, 0) is 0 Å². The van der Waals surface area contributed by atoms with Crippen LogP contribution in [-0.4, -0.2) is 9.13 Å². The number of hydrogen-bond donors (Lipinski definition) is 0. The van der Waals surface area contributed by atoms with Gasteiger partial charge in [-0.25, -0.2) is 0 Å². The third kappa shape index (κ3) is 4.90. The zero-order valence-electron chi connectivity index (χ0n) is 29.1. The molecule has 0 fully saturated rings. The standard InChI is InChI=1S/C50H30N4/c51-31-33-19-20-39(32-52)49(27-33)54-47-25-22-37(35-13-6-2-7-14-35)29-44(47)50-41(17-10-18-48(50)54)38-23-26-46-43(30-38)42-28-36(34-11-4-1-5-12-34)21-24-45(42)53(46)40-15-8-3-9-16-40/h1-30H. The second-order valence-electron chi connectivity index (χ2n) is 13.6. The number of fused-ring (bicyclic) bond motifs is 6. The number of hydrogen-bond acceptors (Lipinski definition) is 2. The molecule has 0 spiro atoms. The Labute approximate surface area is 312 Å². The maximum Gasteiger partial charge on any atom is 0.101 e. The Morgan fingerprint density at radius 1 is 0.370 bits per heavy atom. The fraction of sp³-hybridized carbons (Fsp3) is 0. The van der Waals surface area contributed by atoms with E-state index in [0.717, 1.165) is 60.8 Å². The summed E-state index contributed by atoms with van der Waals surface area (Å²) in [6.45, 7) is 0. The molecule has 8 aromatic carbocycles. The average Bonchev–Trinajstić information content (AvgIpc) is 3.76. The van der Waals surface area contributed by atoms with Crippen LogP contribution in [0.1, 0.15) is 11.1 Å². The summed E-state index contributed by atoms with van der Waals surface area (Å²) in [6.07, 6.45) is 0. The van der Waals surface area contributed by atoms with E-state index in [9.17, 15) is 10.5 Å². The number of para-hydroxylation sites is 1. The molecule has 0 bridgehead atoms. The van der Waals surface area contributed by atoms with Gasteiger partial charge in [-0.1, -0.05) is 109 Å². The van der Waals surface area contributed by atoms with Gasteiger partial charge in [-0.05, 0) is 106 Å². The highest BCUT2D eigenvalue weighted by Crippen LogP contribution is 2.43. The second kappa shape index (κ2) is 12.5. The van der Waals surface area contributed by atoms with Crippen molar-refractivity contribution >= 4 is 43.6 Å². The molecular formula is C50H30N4. The van der Waals surface area contributed by atoms with Crippen LogP contribution in [0.2, 0.25) is 0 Å². The van der Waals surface area contributed by atoms with Gasteiger partial charge in [0, 0.05) is 27.2 Å². The minimum atomic E-state index is 0.506. The van der Waals surface area contributed by atoms with Crippen molar-refractivity contribution in [2.75, 3.05) is 0 Å². The van der Waals surface area contributed by atoms with Crippen molar-refractivity contribution in [3.8, 4) is 56.9 Å². The summed E-state index contributed by atoms with van der Waals surface area (Å²) in [5.74, 6) is 0. The number of nitriles is 2. The van der Waals surface area contributed by atoms with E-state index in [-0.39, 0.29) is 0 Å². The van der Waals surface area contributed by atoms with E-state index in [1.54, 1.807) is 12.1 Å². The summed E-state index contributed by atoms with van der Waals surface area (Å²) in [5.41, 5.74) is 13.8. The van der Waals surface area contributed by atoms with E-state index in [2.05, 4.69) is 179 Å². The van der Waals surface area contributed by atoms with Gasteiger partial charge in [-0.15, -0.1) is 0 Å². The SMILES string of the molecule is N#Cc1ccc(C#N)c(-n2c3ccc(-c4ccccc4)cc3c3c(-c4ccc5c(c4)c4cc(-c6ccccc6)ccc4n5-c4ccccc4)cccc32)c1. The molecule has 0 radical (unpaired) electrons. The highest BCUT2D eigenvalue weighted by molar-refractivity contribution is 6.18. The predicted octanol–water partition coefficient (Wildman–Crippen LogP) is 12.6. The lowest BCUT2D eigenvalue weighted by Crippen LogP contribution is -1.98. The van der Waals surface area contributed by atoms with Gasteiger partial charge in [0.25, 0.3) is 0 Å². The first-order valence-electron chi connectivity index (χ1n) is 18.0. The molecule has 0 atom stereocenters. The van der Waals surface area contributed by atoms with Crippen molar-refractivity contribution in [1.29, 1.82) is 10.5 Å². The molecule has 0 aliphatic carbocycles. The van der Waals surface area contributed by atoms with E-state index >= 15 is 0 Å². The molecule has 2 heterocycles. The molecule has 0 saturated carbocycles. The molecule has 54 heavy (non-hydrogen) atoms.